The predicted molar refractivity (Wildman–Crippen MR) is 39.6 cm³/mol. The van der Waals surface area contributed by atoms with E-state index >= 15 is 0 Å². The zero-order valence-corrected chi connectivity index (χ0v) is 8.32. The van der Waals surface area contributed by atoms with Gasteiger partial charge in [-0.25, -0.2) is 0 Å². The van der Waals surface area contributed by atoms with Gasteiger partial charge in [0.2, 0.25) is 0 Å². The van der Waals surface area contributed by atoms with Crippen LogP contribution in [-0.4, -0.2) is 14.1 Å². The Kier molecular flexibility index (Phi) is 5.84. The third-order valence-electron chi connectivity index (χ3n) is 0.346. The first-order valence-corrected chi connectivity index (χ1v) is 5.33. The Morgan fingerprint density at radius 2 is 1.50 bits per heavy atom. The van der Waals surface area contributed by atoms with Crippen LogP contribution in [0.25, 0.3) is 0 Å². The average molecular weight is 300 g/mol. The molecule has 0 radical (unpaired) electrons. The highest BCUT2D eigenvalue weighted by molar-refractivity contribution is 14.1. The van der Waals surface area contributed by atoms with Crippen molar-refractivity contribution < 1.29 is 28.0 Å². The zero-order chi connectivity index (χ0) is 8.15. The fourth-order valence-electron chi connectivity index (χ4n) is 0.161. The minimum atomic E-state index is -2.79. The van der Waals surface area contributed by atoms with Crippen molar-refractivity contribution in [2.75, 3.05) is 0 Å². The molecule has 6 nitrogen and oxygen atoms in total. The molecule has 0 saturated heterocycles. The summed E-state index contributed by atoms with van der Waals surface area (Å²) >= 11 is 1.44. The van der Waals surface area contributed by atoms with Gasteiger partial charge >= 0.3 is 20.8 Å². The largest absolute Gasteiger partial charge is 0.698 e. The lowest BCUT2D eigenvalue weighted by Crippen LogP contribution is -1.98. The molecule has 0 fully saturated rings. The maximum atomic E-state index is 9.86. The van der Waals surface area contributed by atoms with E-state index in [9.17, 15) is 9.13 Å². The Labute approximate surface area is 71.6 Å². The van der Waals surface area contributed by atoms with Crippen LogP contribution in [0.15, 0.2) is 0 Å². The summed E-state index contributed by atoms with van der Waals surface area (Å²) < 4.78 is 26.6. The number of alkyl halides is 1. The van der Waals surface area contributed by atoms with E-state index in [1.807, 2.05) is 0 Å². The van der Waals surface area contributed by atoms with E-state index in [2.05, 4.69) is 9.05 Å². The first-order valence-electron chi connectivity index (χ1n) is 1.82. The first-order chi connectivity index (χ1) is 4.52. The molecule has 0 aliphatic heterocycles. The Morgan fingerprint density at radius 3 is 1.70 bits per heavy atom. The summed E-state index contributed by atoms with van der Waals surface area (Å²) in [6.45, 7) is 0. The first kappa shape index (κ1) is 10.8. The molecular formula is CH3IO6P2+2. The summed E-state index contributed by atoms with van der Waals surface area (Å²) in [5.41, 5.74) is 0. The summed E-state index contributed by atoms with van der Waals surface area (Å²) in [6.07, 6.45) is 0. The van der Waals surface area contributed by atoms with Crippen LogP contribution in [0.3, 0.4) is 0 Å². The van der Waals surface area contributed by atoms with Gasteiger partial charge in [-0.1, -0.05) is 9.05 Å². The molecule has 0 rings (SSSR count). The molecule has 0 amide bonds. The van der Waals surface area contributed by atoms with Gasteiger partial charge in [-0.05, 0) is 22.6 Å². The van der Waals surface area contributed by atoms with Crippen LogP contribution in [0.5, 0.6) is 0 Å². The summed E-state index contributed by atoms with van der Waals surface area (Å²) in [5.74, 6) is 0. The van der Waals surface area contributed by atoms with Gasteiger partial charge in [-0.2, -0.15) is 0 Å². The lowest BCUT2D eigenvalue weighted by Gasteiger charge is -1.86. The van der Waals surface area contributed by atoms with Gasteiger partial charge < -0.3 is 0 Å². The number of halogens is 1. The van der Waals surface area contributed by atoms with Crippen LogP contribution in [0.4, 0.5) is 0 Å². The second-order valence-corrected chi connectivity index (χ2v) is 3.35. The SMILES string of the molecule is O=[P+](O)OC(I)O[P+](=O)O. The molecule has 0 spiro atoms. The van der Waals surface area contributed by atoms with Crippen LogP contribution >= 0.6 is 39.1 Å². The van der Waals surface area contributed by atoms with Crippen LogP contribution in [0.2, 0.25) is 0 Å². The Hall–Kier alpha value is 0.770. The Balaban J connectivity index is 3.53. The highest BCUT2D eigenvalue weighted by atomic mass is 127. The maximum Gasteiger partial charge on any atom is 0.698 e. The van der Waals surface area contributed by atoms with Gasteiger partial charge in [0.25, 0.3) is 0 Å². The van der Waals surface area contributed by atoms with Crippen LogP contribution in [-0.2, 0) is 18.2 Å². The van der Waals surface area contributed by atoms with Gasteiger partial charge in [0.1, 0.15) is 0 Å². The van der Waals surface area contributed by atoms with Crippen molar-refractivity contribution in [2.45, 2.75) is 4.30 Å². The van der Waals surface area contributed by atoms with Gasteiger partial charge in [0.05, 0.1) is 0 Å². The predicted octanol–water partition coefficient (Wildman–Crippen LogP) is 1.04. The zero-order valence-electron chi connectivity index (χ0n) is 4.38. The Bertz CT molecular complexity index is 131. The van der Waals surface area contributed by atoms with E-state index in [4.69, 9.17) is 9.79 Å². The van der Waals surface area contributed by atoms with Crippen LogP contribution in [0.1, 0.15) is 0 Å². The molecule has 10 heavy (non-hydrogen) atoms. The smallest absolute Gasteiger partial charge is 0.133 e. The van der Waals surface area contributed by atoms with Crippen LogP contribution < -0.4 is 0 Å². The summed E-state index contributed by atoms with van der Waals surface area (Å²) in [6, 6.07) is 0. The van der Waals surface area contributed by atoms with E-state index in [1.165, 1.54) is 22.6 Å². The second-order valence-electron chi connectivity index (χ2n) is 0.961. The summed E-state index contributed by atoms with van der Waals surface area (Å²) in [5, 5.41) is 0. The molecule has 0 heterocycles. The molecule has 0 aromatic heterocycles. The number of hydrogen-bond donors (Lipinski definition) is 2. The minimum Gasteiger partial charge on any atom is -0.133 e. The quantitative estimate of drug-likeness (QED) is 0.349. The highest BCUT2D eigenvalue weighted by Gasteiger charge is 2.29. The van der Waals surface area contributed by atoms with Crippen molar-refractivity contribution in [3.8, 4) is 0 Å². The number of rotatable bonds is 4. The molecular weight excluding hydrogens is 297 g/mol. The molecule has 0 saturated carbocycles. The standard InChI is InChI=1S/CHIO6P2/c2-1(7-9(3)4)8-10(5)6/h1H/p+2. The lowest BCUT2D eigenvalue weighted by atomic mass is 11.5. The van der Waals surface area contributed by atoms with Crippen molar-refractivity contribution in [1.82, 2.24) is 0 Å². The third kappa shape index (κ3) is 6.88. The number of hydrogen-bond acceptors (Lipinski definition) is 4. The van der Waals surface area contributed by atoms with Crippen molar-refractivity contribution in [2.24, 2.45) is 0 Å². The fourth-order valence-corrected chi connectivity index (χ4v) is 1.77. The molecule has 0 aliphatic carbocycles. The molecule has 2 N–H and O–H groups in total. The molecule has 2 unspecified atom stereocenters. The fraction of sp³-hybridized carbons (Fsp3) is 1.00. The topological polar surface area (TPSA) is 93.1 Å². The van der Waals surface area contributed by atoms with Crippen molar-refractivity contribution >= 4 is 39.1 Å². The van der Waals surface area contributed by atoms with Crippen LogP contribution in [0, 0.1) is 0 Å². The van der Waals surface area contributed by atoms with Crippen molar-refractivity contribution in [3.63, 3.8) is 0 Å². The lowest BCUT2D eigenvalue weighted by molar-refractivity contribution is 0.0921. The average Bonchev–Trinajstić information content (AvgIpc) is 1.58. The second kappa shape index (κ2) is 5.42. The maximum absolute atomic E-state index is 9.86. The van der Waals surface area contributed by atoms with E-state index in [1.54, 1.807) is 0 Å². The normalized spacial score (nSPS) is 16.3. The van der Waals surface area contributed by atoms with Gasteiger partial charge in [-0.3, -0.25) is 0 Å². The third-order valence-corrected chi connectivity index (χ3v) is 2.40. The molecule has 0 aromatic rings. The molecule has 0 aliphatic rings. The van der Waals surface area contributed by atoms with E-state index in [0.717, 1.165) is 0 Å². The van der Waals surface area contributed by atoms with Gasteiger partial charge in [0.15, 0.2) is 0 Å². The summed E-state index contributed by atoms with van der Waals surface area (Å²) in [4.78, 5) is 16.1. The van der Waals surface area contributed by atoms with E-state index < -0.39 is 20.8 Å². The van der Waals surface area contributed by atoms with Crippen molar-refractivity contribution in [3.05, 3.63) is 0 Å². The Morgan fingerprint density at radius 1 is 1.20 bits per heavy atom. The highest BCUT2D eigenvalue weighted by Crippen LogP contribution is 2.29. The summed E-state index contributed by atoms with van der Waals surface area (Å²) in [7, 11) is -5.59. The molecule has 58 valence electrons. The molecule has 9 heteroatoms. The minimum absolute atomic E-state index is 1.18. The van der Waals surface area contributed by atoms with E-state index in [0.29, 0.717) is 0 Å². The molecule has 0 aromatic carbocycles. The van der Waals surface area contributed by atoms with Gasteiger partial charge in [0, 0.05) is 9.13 Å². The van der Waals surface area contributed by atoms with E-state index in [-0.39, 0.29) is 0 Å². The van der Waals surface area contributed by atoms with Gasteiger partial charge in [-0.15, -0.1) is 9.79 Å². The molecule has 2 atom stereocenters. The monoisotopic (exact) mass is 300 g/mol. The molecule has 0 bridgehead atoms. The van der Waals surface area contributed by atoms with Crippen molar-refractivity contribution in [1.29, 1.82) is 0 Å².